The predicted octanol–water partition coefficient (Wildman–Crippen LogP) is 2.45. The lowest BCUT2D eigenvalue weighted by Crippen LogP contribution is -2.49. The topological polar surface area (TPSA) is 96.7 Å². The van der Waals surface area contributed by atoms with E-state index in [9.17, 15) is 9.59 Å². The van der Waals surface area contributed by atoms with E-state index in [1.807, 2.05) is 46.7 Å². The lowest BCUT2D eigenvalue weighted by atomic mass is 10.0. The Bertz CT molecular complexity index is 787. The molecule has 9 heteroatoms. The minimum atomic E-state index is -0.636. The van der Waals surface area contributed by atoms with Gasteiger partial charge in [0.2, 0.25) is 5.91 Å². The van der Waals surface area contributed by atoms with Crippen LogP contribution in [0.3, 0.4) is 0 Å². The molecule has 0 aliphatic carbocycles. The van der Waals surface area contributed by atoms with Gasteiger partial charge in [-0.15, -0.1) is 23.7 Å². The van der Waals surface area contributed by atoms with E-state index in [1.54, 1.807) is 7.11 Å². The SMILES string of the molecule is COc1ccccc1C1CNCCN1C(=O)CC(NC(N)=O)c1cccs1.Cl. The minimum Gasteiger partial charge on any atom is -0.496 e. The van der Waals surface area contributed by atoms with Gasteiger partial charge in [-0.2, -0.15) is 0 Å². The van der Waals surface area contributed by atoms with Crippen LogP contribution in [0.4, 0.5) is 4.79 Å². The molecule has 0 radical (unpaired) electrons. The molecule has 2 heterocycles. The molecule has 1 aromatic carbocycles. The van der Waals surface area contributed by atoms with Crippen molar-refractivity contribution >= 4 is 35.7 Å². The van der Waals surface area contributed by atoms with Crippen LogP contribution in [0.5, 0.6) is 5.75 Å². The largest absolute Gasteiger partial charge is 0.496 e. The highest BCUT2D eigenvalue weighted by atomic mass is 35.5. The fourth-order valence-electron chi connectivity index (χ4n) is 3.40. The van der Waals surface area contributed by atoms with Crippen LogP contribution < -0.4 is 21.1 Å². The number of para-hydroxylation sites is 1. The smallest absolute Gasteiger partial charge is 0.312 e. The zero-order valence-electron chi connectivity index (χ0n) is 15.6. The minimum absolute atomic E-state index is 0. The summed E-state index contributed by atoms with van der Waals surface area (Å²) in [5.74, 6) is 0.730. The number of rotatable bonds is 6. The second-order valence-corrected chi connectivity index (χ2v) is 7.31. The zero-order chi connectivity index (χ0) is 19.2. The van der Waals surface area contributed by atoms with Gasteiger partial charge >= 0.3 is 6.03 Å². The summed E-state index contributed by atoms with van der Waals surface area (Å²) in [5, 5.41) is 7.95. The Morgan fingerprint density at radius 1 is 1.36 bits per heavy atom. The number of carbonyl (C=O) groups excluding carboxylic acids is 2. The van der Waals surface area contributed by atoms with E-state index >= 15 is 0 Å². The molecule has 2 aromatic rings. The van der Waals surface area contributed by atoms with E-state index in [2.05, 4.69) is 10.6 Å². The standard InChI is InChI=1S/C19H24N4O3S.ClH/c1-26-16-6-3-2-5-13(16)15-12-21-8-9-23(15)18(24)11-14(22-19(20)25)17-7-4-10-27-17;/h2-7,10,14-15,21H,8-9,11-12H2,1H3,(H3,20,22,25);1H. The van der Waals surface area contributed by atoms with Crippen LogP contribution in [-0.2, 0) is 4.79 Å². The van der Waals surface area contributed by atoms with Gasteiger partial charge in [-0.1, -0.05) is 24.3 Å². The Labute approximate surface area is 174 Å². The van der Waals surface area contributed by atoms with Crippen molar-refractivity contribution < 1.29 is 14.3 Å². The first-order valence-corrected chi connectivity index (χ1v) is 9.70. The first kappa shape index (κ1) is 22.0. The normalized spacial score (nSPS) is 17.3. The van der Waals surface area contributed by atoms with Crippen LogP contribution >= 0.6 is 23.7 Å². The van der Waals surface area contributed by atoms with Crippen molar-refractivity contribution in [2.75, 3.05) is 26.7 Å². The molecule has 0 bridgehead atoms. The molecule has 4 N–H and O–H groups in total. The highest BCUT2D eigenvalue weighted by Crippen LogP contribution is 2.32. The molecule has 152 valence electrons. The molecule has 1 aromatic heterocycles. The Kier molecular flexibility index (Phi) is 8.10. The highest BCUT2D eigenvalue weighted by molar-refractivity contribution is 7.10. The van der Waals surface area contributed by atoms with Crippen LogP contribution in [0.15, 0.2) is 41.8 Å². The van der Waals surface area contributed by atoms with Crippen molar-refractivity contribution in [1.29, 1.82) is 0 Å². The average Bonchev–Trinajstić information content (AvgIpc) is 3.22. The number of piperazine rings is 1. The van der Waals surface area contributed by atoms with Crippen molar-refractivity contribution in [1.82, 2.24) is 15.5 Å². The number of hydrogen-bond acceptors (Lipinski definition) is 5. The van der Waals surface area contributed by atoms with Gasteiger partial charge in [0.05, 0.1) is 25.6 Å². The summed E-state index contributed by atoms with van der Waals surface area (Å²) in [6.45, 7) is 1.97. The van der Waals surface area contributed by atoms with Crippen molar-refractivity contribution in [3.63, 3.8) is 0 Å². The molecular weight excluding hydrogens is 400 g/mol. The third-order valence-electron chi connectivity index (χ3n) is 4.64. The number of nitrogens with two attached hydrogens (primary N) is 1. The first-order chi connectivity index (χ1) is 13.1. The van der Waals surface area contributed by atoms with Gasteiger partial charge < -0.3 is 26.0 Å². The second-order valence-electron chi connectivity index (χ2n) is 6.33. The van der Waals surface area contributed by atoms with Crippen LogP contribution in [-0.4, -0.2) is 43.6 Å². The third-order valence-corrected chi connectivity index (χ3v) is 5.63. The van der Waals surface area contributed by atoms with Crippen LogP contribution in [0.1, 0.15) is 28.9 Å². The number of halogens is 1. The van der Waals surface area contributed by atoms with E-state index in [0.717, 1.165) is 22.7 Å². The van der Waals surface area contributed by atoms with Gasteiger partial charge in [-0.3, -0.25) is 4.79 Å². The number of thiophene rings is 1. The maximum Gasteiger partial charge on any atom is 0.312 e. The van der Waals surface area contributed by atoms with E-state index in [4.69, 9.17) is 10.5 Å². The number of hydrogen-bond donors (Lipinski definition) is 3. The van der Waals surface area contributed by atoms with Gasteiger partial charge in [0, 0.05) is 30.1 Å². The van der Waals surface area contributed by atoms with E-state index in [1.165, 1.54) is 11.3 Å². The van der Waals surface area contributed by atoms with Gasteiger partial charge in [0.15, 0.2) is 0 Å². The number of nitrogens with one attached hydrogen (secondary N) is 2. The lowest BCUT2D eigenvalue weighted by molar-refractivity contribution is -0.135. The Balaban J connectivity index is 0.00000280. The summed E-state index contributed by atoms with van der Waals surface area (Å²) < 4.78 is 5.48. The highest BCUT2D eigenvalue weighted by Gasteiger charge is 2.31. The Hall–Kier alpha value is -2.29. The molecule has 2 unspecified atom stereocenters. The molecule has 1 aliphatic heterocycles. The number of urea groups is 1. The van der Waals surface area contributed by atoms with Crippen LogP contribution in [0.25, 0.3) is 0 Å². The van der Waals surface area contributed by atoms with E-state index in [0.29, 0.717) is 13.1 Å². The fraction of sp³-hybridized carbons (Fsp3) is 0.368. The monoisotopic (exact) mass is 424 g/mol. The molecule has 0 saturated carbocycles. The Morgan fingerprint density at radius 2 is 2.14 bits per heavy atom. The maximum absolute atomic E-state index is 13.1. The lowest BCUT2D eigenvalue weighted by Gasteiger charge is -2.37. The number of carbonyl (C=O) groups is 2. The maximum atomic E-state index is 13.1. The molecule has 2 atom stereocenters. The molecule has 1 fully saturated rings. The summed E-state index contributed by atoms with van der Waals surface area (Å²) in [6.07, 6.45) is 0.162. The number of methoxy groups -OCH3 is 1. The van der Waals surface area contributed by atoms with Crippen molar-refractivity contribution in [3.05, 3.63) is 52.2 Å². The van der Waals surface area contributed by atoms with E-state index in [-0.39, 0.29) is 30.8 Å². The first-order valence-electron chi connectivity index (χ1n) is 8.82. The van der Waals surface area contributed by atoms with Crippen LogP contribution in [0.2, 0.25) is 0 Å². The Morgan fingerprint density at radius 3 is 2.82 bits per heavy atom. The second kappa shape index (κ2) is 10.3. The zero-order valence-corrected chi connectivity index (χ0v) is 17.2. The average molecular weight is 425 g/mol. The summed E-state index contributed by atoms with van der Waals surface area (Å²) in [4.78, 5) is 27.3. The van der Waals surface area contributed by atoms with Crippen molar-refractivity contribution in [3.8, 4) is 5.75 Å². The number of amides is 3. The number of benzene rings is 1. The molecule has 1 aliphatic rings. The summed E-state index contributed by atoms with van der Waals surface area (Å²) in [5.41, 5.74) is 6.28. The molecule has 0 spiro atoms. The molecule has 1 saturated heterocycles. The predicted molar refractivity (Wildman–Crippen MR) is 112 cm³/mol. The van der Waals surface area contributed by atoms with Gasteiger partial charge in [-0.25, -0.2) is 4.79 Å². The summed E-state index contributed by atoms with van der Waals surface area (Å²) in [7, 11) is 1.63. The fourth-order valence-corrected chi connectivity index (χ4v) is 4.18. The number of ether oxygens (including phenoxy) is 1. The van der Waals surface area contributed by atoms with Gasteiger partial charge in [0.1, 0.15) is 5.75 Å². The molecular formula is C19H25ClN4O3S. The molecule has 3 rings (SSSR count). The van der Waals surface area contributed by atoms with E-state index < -0.39 is 12.1 Å². The number of nitrogens with zero attached hydrogens (tertiary/aromatic N) is 1. The van der Waals surface area contributed by atoms with Gasteiger partial charge in [0.25, 0.3) is 0 Å². The quantitative estimate of drug-likeness (QED) is 0.663. The van der Waals surface area contributed by atoms with Gasteiger partial charge in [-0.05, 0) is 17.5 Å². The summed E-state index contributed by atoms with van der Waals surface area (Å²) in [6, 6.07) is 10.3. The third kappa shape index (κ3) is 5.15. The summed E-state index contributed by atoms with van der Waals surface area (Å²) >= 11 is 1.49. The van der Waals surface area contributed by atoms with Crippen LogP contribution in [0, 0.1) is 0 Å². The molecule has 3 amide bonds. The molecule has 7 nitrogen and oxygen atoms in total. The van der Waals surface area contributed by atoms with Crippen molar-refractivity contribution in [2.45, 2.75) is 18.5 Å². The number of primary amides is 1. The molecule has 28 heavy (non-hydrogen) atoms. The van der Waals surface area contributed by atoms with Crippen molar-refractivity contribution in [2.24, 2.45) is 5.73 Å².